The number of rotatable bonds is 12. The third-order valence-corrected chi connectivity index (χ3v) is 9.28. The predicted octanol–water partition coefficient (Wildman–Crippen LogP) is 6.11. The highest BCUT2D eigenvalue weighted by atomic mass is 16.5. The number of carbonyl (C=O) groups excluding carboxylic acids is 2. The van der Waals surface area contributed by atoms with Gasteiger partial charge in [-0.2, -0.15) is 0 Å². The summed E-state index contributed by atoms with van der Waals surface area (Å²) in [5, 5.41) is 0. The van der Waals surface area contributed by atoms with E-state index in [0.717, 1.165) is 43.7 Å². The molecule has 0 N–H and O–H groups in total. The number of aromatic nitrogens is 1. The van der Waals surface area contributed by atoms with E-state index in [9.17, 15) is 9.59 Å². The molecule has 7 nitrogen and oxygen atoms in total. The number of unbranched alkanes of at least 4 members (excludes halogenated alkanes) is 1. The Morgan fingerprint density at radius 3 is 2.59 bits per heavy atom. The summed E-state index contributed by atoms with van der Waals surface area (Å²) in [5.74, 6) is 1.48. The molecule has 7 heteroatoms. The molecular formula is C32H44N2O5. The Hall–Kier alpha value is -2.67. The van der Waals surface area contributed by atoms with Crippen LogP contribution in [0.2, 0.25) is 0 Å². The number of methoxy groups -OCH3 is 1. The van der Waals surface area contributed by atoms with Gasteiger partial charge in [0.05, 0.1) is 25.2 Å². The Kier molecular flexibility index (Phi) is 9.38. The van der Waals surface area contributed by atoms with Crippen LogP contribution in [0.25, 0.3) is 0 Å². The van der Waals surface area contributed by atoms with Crippen molar-refractivity contribution in [2.45, 2.75) is 102 Å². The van der Waals surface area contributed by atoms with Crippen LogP contribution in [-0.4, -0.2) is 54.7 Å². The second-order valence-electron chi connectivity index (χ2n) is 11.8. The monoisotopic (exact) mass is 536 g/mol. The van der Waals surface area contributed by atoms with E-state index in [1.165, 1.54) is 63.9 Å². The molecular weight excluding hydrogens is 492 g/mol. The lowest BCUT2D eigenvalue weighted by Crippen LogP contribution is -2.29. The minimum atomic E-state index is -0.197. The van der Waals surface area contributed by atoms with Gasteiger partial charge in [0.25, 0.3) is 5.91 Å². The summed E-state index contributed by atoms with van der Waals surface area (Å²) in [6.45, 7) is 0.746. The van der Waals surface area contributed by atoms with Crippen LogP contribution in [0, 0.1) is 11.8 Å². The number of fused-ring (bicyclic) bond motifs is 2. The normalized spacial score (nSPS) is 24.7. The zero-order valence-corrected chi connectivity index (χ0v) is 23.6. The topological polar surface area (TPSA) is 81.9 Å². The van der Waals surface area contributed by atoms with E-state index in [1.807, 2.05) is 19.2 Å². The average molecular weight is 537 g/mol. The zero-order chi connectivity index (χ0) is 27.2. The molecule has 0 unspecified atom stereocenters. The number of aryl methyl sites for hydroxylation is 1. The summed E-state index contributed by atoms with van der Waals surface area (Å²) in [7, 11) is 3.29. The highest BCUT2D eigenvalue weighted by molar-refractivity contribution is 5.91. The number of carbonyl (C=O) groups is 2. The molecule has 3 heterocycles. The summed E-state index contributed by atoms with van der Waals surface area (Å²) in [5.41, 5.74) is 2.78. The van der Waals surface area contributed by atoms with Crippen LogP contribution >= 0.6 is 0 Å². The fourth-order valence-corrected chi connectivity index (χ4v) is 7.06. The summed E-state index contributed by atoms with van der Waals surface area (Å²) >= 11 is 0. The molecule has 1 aromatic carbocycles. The van der Waals surface area contributed by atoms with Crippen molar-refractivity contribution in [2.75, 3.05) is 20.7 Å². The van der Waals surface area contributed by atoms with Crippen molar-refractivity contribution in [3.8, 4) is 0 Å². The minimum Gasteiger partial charge on any atom is -0.469 e. The van der Waals surface area contributed by atoms with Crippen LogP contribution in [0.1, 0.15) is 104 Å². The van der Waals surface area contributed by atoms with E-state index in [1.54, 1.807) is 4.90 Å². The van der Waals surface area contributed by atoms with Gasteiger partial charge in [-0.05, 0) is 49.1 Å². The first-order valence-corrected chi connectivity index (χ1v) is 15.0. The van der Waals surface area contributed by atoms with Crippen molar-refractivity contribution in [1.29, 1.82) is 0 Å². The van der Waals surface area contributed by atoms with E-state index in [0.29, 0.717) is 24.4 Å². The van der Waals surface area contributed by atoms with Crippen LogP contribution < -0.4 is 0 Å². The third-order valence-electron chi connectivity index (χ3n) is 9.28. The van der Waals surface area contributed by atoms with Gasteiger partial charge in [0.2, 0.25) is 5.89 Å². The maximum atomic E-state index is 13.1. The molecule has 3 aliphatic rings. The molecule has 2 aliphatic heterocycles. The van der Waals surface area contributed by atoms with Crippen LogP contribution in [-0.2, 0) is 27.1 Å². The lowest BCUT2D eigenvalue weighted by molar-refractivity contribution is -0.140. The summed E-state index contributed by atoms with van der Waals surface area (Å²) in [4.78, 5) is 31.4. The lowest BCUT2D eigenvalue weighted by Gasteiger charge is -2.26. The maximum Gasteiger partial charge on any atom is 0.305 e. The molecule has 0 radical (unpaired) electrons. The van der Waals surface area contributed by atoms with Gasteiger partial charge in [0.1, 0.15) is 6.26 Å². The van der Waals surface area contributed by atoms with Gasteiger partial charge in [-0.1, -0.05) is 69.2 Å². The first-order chi connectivity index (χ1) is 19.0. The van der Waals surface area contributed by atoms with Crippen molar-refractivity contribution >= 4 is 11.9 Å². The Balaban J connectivity index is 1.20. The van der Waals surface area contributed by atoms with Gasteiger partial charge in [-0.15, -0.1) is 0 Å². The molecule has 5 rings (SSSR count). The van der Waals surface area contributed by atoms with Crippen molar-refractivity contribution in [2.24, 2.45) is 11.8 Å². The van der Waals surface area contributed by atoms with Gasteiger partial charge in [-0.3, -0.25) is 9.59 Å². The Morgan fingerprint density at radius 1 is 1.03 bits per heavy atom. The number of oxazole rings is 1. The number of hydrogen-bond donors (Lipinski definition) is 0. The number of esters is 1. The number of benzene rings is 1. The van der Waals surface area contributed by atoms with E-state index < -0.39 is 0 Å². The smallest absolute Gasteiger partial charge is 0.305 e. The highest BCUT2D eigenvalue weighted by Gasteiger charge is 2.51. The van der Waals surface area contributed by atoms with Crippen LogP contribution in [0.4, 0.5) is 0 Å². The molecule has 2 aromatic rings. The second-order valence-corrected chi connectivity index (χ2v) is 11.8. The Labute approximate surface area is 232 Å². The molecule has 2 bridgehead atoms. The van der Waals surface area contributed by atoms with E-state index in [2.05, 4.69) is 12.1 Å². The van der Waals surface area contributed by atoms with Crippen molar-refractivity contribution in [3.63, 3.8) is 0 Å². The second kappa shape index (κ2) is 13.1. The van der Waals surface area contributed by atoms with E-state index in [-0.39, 0.29) is 35.9 Å². The highest BCUT2D eigenvalue weighted by Crippen LogP contribution is 2.50. The minimum absolute atomic E-state index is 0.0276. The molecule has 1 aliphatic carbocycles. The van der Waals surface area contributed by atoms with Gasteiger partial charge in [0.15, 0.2) is 5.69 Å². The molecule has 1 saturated carbocycles. The number of amides is 1. The SMILES string of the molecule is COC(=O)CCc1ccccc1C[C@@H]1[C@H](c2nc(C(=O)N(C)CCCCC3CCCCC3)co2)[C@H]2CC[C@@H]1O2. The standard InChI is InChI=1S/C32H44N2O5/c1-34(19-9-8-12-22-10-4-3-5-11-22)32(36)26-21-38-31(33-26)30-25(27-16-17-28(30)39-27)20-24-14-7-6-13-23(24)15-18-29(35)37-2/h6-7,13-14,21-22,25,27-28,30H,3-5,8-12,15-20H2,1-2H3/t25-,27-,28+,30-/m0/s1. The van der Waals surface area contributed by atoms with Gasteiger partial charge < -0.3 is 18.8 Å². The fourth-order valence-electron chi connectivity index (χ4n) is 7.06. The van der Waals surface area contributed by atoms with Gasteiger partial charge in [-0.25, -0.2) is 4.98 Å². The summed E-state index contributed by atoms with van der Waals surface area (Å²) < 4.78 is 17.2. The Morgan fingerprint density at radius 2 is 1.79 bits per heavy atom. The third kappa shape index (κ3) is 6.74. The van der Waals surface area contributed by atoms with E-state index in [4.69, 9.17) is 18.9 Å². The van der Waals surface area contributed by atoms with Crippen molar-refractivity contribution in [1.82, 2.24) is 9.88 Å². The number of hydrogen-bond acceptors (Lipinski definition) is 6. The summed E-state index contributed by atoms with van der Waals surface area (Å²) in [6.07, 6.45) is 16.0. The largest absolute Gasteiger partial charge is 0.469 e. The van der Waals surface area contributed by atoms with E-state index >= 15 is 0 Å². The predicted molar refractivity (Wildman–Crippen MR) is 148 cm³/mol. The van der Waals surface area contributed by atoms with Crippen LogP contribution in [0.3, 0.4) is 0 Å². The van der Waals surface area contributed by atoms with Crippen LogP contribution in [0.15, 0.2) is 34.9 Å². The molecule has 4 atom stereocenters. The number of ether oxygens (including phenoxy) is 2. The lowest BCUT2D eigenvalue weighted by atomic mass is 9.75. The first kappa shape index (κ1) is 27.9. The quantitative estimate of drug-likeness (QED) is 0.241. The summed E-state index contributed by atoms with van der Waals surface area (Å²) in [6, 6.07) is 8.30. The molecule has 212 valence electrons. The zero-order valence-electron chi connectivity index (χ0n) is 23.6. The molecule has 1 aromatic heterocycles. The maximum absolute atomic E-state index is 13.1. The molecule has 1 amide bonds. The Bertz CT molecular complexity index is 1110. The molecule has 2 saturated heterocycles. The molecule has 0 spiro atoms. The molecule has 3 fully saturated rings. The van der Waals surface area contributed by atoms with Crippen molar-refractivity contribution < 1.29 is 23.5 Å². The van der Waals surface area contributed by atoms with Gasteiger partial charge >= 0.3 is 5.97 Å². The first-order valence-electron chi connectivity index (χ1n) is 15.0. The van der Waals surface area contributed by atoms with Gasteiger partial charge in [0, 0.05) is 25.9 Å². The fraction of sp³-hybridized carbons (Fsp3) is 0.656. The number of nitrogens with zero attached hydrogens (tertiary/aromatic N) is 2. The van der Waals surface area contributed by atoms with Crippen LogP contribution in [0.5, 0.6) is 0 Å². The van der Waals surface area contributed by atoms with Crippen molar-refractivity contribution in [3.05, 3.63) is 53.2 Å². The molecule has 39 heavy (non-hydrogen) atoms. The average Bonchev–Trinajstić information content (AvgIpc) is 3.72.